The molecule has 2 heterocycles. The minimum atomic E-state index is -0.353. The summed E-state index contributed by atoms with van der Waals surface area (Å²) < 4.78 is 10.9. The zero-order valence-electron chi connectivity index (χ0n) is 13.3. The molecule has 0 spiro atoms. The number of hydrogen-bond donors (Lipinski definition) is 1. The van der Waals surface area contributed by atoms with E-state index < -0.39 is 0 Å². The number of morpholine rings is 1. The number of ether oxygens (including phenoxy) is 2. The minimum Gasteiger partial charge on any atom is -0.495 e. The Morgan fingerprint density at radius 2 is 2.05 bits per heavy atom. The molecule has 0 amide bonds. The summed E-state index contributed by atoms with van der Waals surface area (Å²) in [5.74, 6) is 0.913. The second kappa shape index (κ2) is 7.31. The van der Waals surface area contributed by atoms with Gasteiger partial charge in [0, 0.05) is 32.7 Å². The van der Waals surface area contributed by atoms with Crippen molar-refractivity contribution in [1.29, 1.82) is 0 Å². The molecule has 3 rings (SSSR count). The molecule has 1 aromatic rings. The Morgan fingerprint density at radius 1 is 1.23 bits per heavy atom. The van der Waals surface area contributed by atoms with Crippen LogP contribution in [0.2, 0.25) is 0 Å². The lowest BCUT2D eigenvalue weighted by Gasteiger charge is -2.35. The number of aryl methyl sites for hydroxylation is 1. The average Bonchev–Trinajstić information content (AvgIpc) is 2.55. The number of fused-ring (bicyclic) bond motifs is 1. The third-order valence-corrected chi connectivity index (χ3v) is 4.50. The van der Waals surface area contributed by atoms with E-state index in [1.807, 2.05) is 12.1 Å². The molecule has 0 saturated carbocycles. The Kier molecular flexibility index (Phi) is 5.18. The van der Waals surface area contributed by atoms with Gasteiger partial charge in [-0.1, -0.05) is 12.1 Å². The fourth-order valence-electron chi connectivity index (χ4n) is 3.44. The fourth-order valence-corrected chi connectivity index (χ4v) is 3.44. The highest BCUT2D eigenvalue weighted by molar-refractivity contribution is 5.65. The molecule has 0 bridgehead atoms. The maximum absolute atomic E-state index is 10.5. The van der Waals surface area contributed by atoms with Crippen LogP contribution in [0.5, 0.6) is 5.75 Å². The number of nitrogens with zero attached hydrogens (tertiary/aromatic N) is 2. The number of anilines is 1. The third-order valence-electron chi connectivity index (χ3n) is 4.50. The van der Waals surface area contributed by atoms with E-state index in [1.165, 1.54) is 5.56 Å². The van der Waals surface area contributed by atoms with Crippen molar-refractivity contribution >= 4 is 5.69 Å². The van der Waals surface area contributed by atoms with Crippen LogP contribution in [0.15, 0.2) is 18.2 Å². The number of rotatable bonds is 5. The first-order valence-electron chi connectivity index (χ1n) is 8.17. The van der Waals surface area contributed by atoms with Crippen LogP contribution in [0.25, 0.3) is 0 Å². The minimum absolute atomic E-state index is 0.353. The molecular weight excluding hydrogens is 280 g/mol. The molecule has 1 saturated heterocycles. The lowest BCUT2D eigenvalue weighted by Crippen LogP contribution is -2.45. The SMILES string of the molecule is COc1cccc2c1N(CC(O)CN1CCOCC1)CCC2. The first-order valence-corrected chi connectivity index (χ1v) is 8.17. The zero-order valence-corrected chi connectivity index (χ0v) is 13.3. The first-order chi connectivity index (χ1) is 10.8. The van der Waals surface area contributed by atoms with E-state index in [-0.39, 0.29) is 6.10 Å². The van der Waals surface area contributed by atoms with Crippen LogP contribution < -0.4 is 9.64 Å². The van der Waals surface area contributed by atoms with Crippen molar-refractivity contribution in [2.75, 3.05) is 57.9 Å². The molecule has 0 aromatic heterocycles. The van der Waals surface area contributed by atoms with E-state index in [4.69, 9.17) is 9.47 Å². The Hall–Kier alpha value is -1.30. The second-order valence-electron chi connectivity index (χ2n) is 6.08. The van der Waals surface area contributed by atoms with Crippen molar-refractivity contribution in [2.45, 2.75) is 18.9 Å². The highest BCUT2D eigenvalue weighted by Gasteiger charge is 2.24. The van der Waals surface area contributed by atoms with Crippen molar-refractivity contribution in [3.8, 4) is 5.75 Å². The van der Waals surface area contributed by atoms with Crippen LogP contribution in [-0.2, 0) is 11.2 Å². The number of aliphatic hydroxyl groups excluding tert-OH is 1. The molecule has 0 aliphatic carbocycles. The summed E-state index contributed by atoms with van der Waals surface area (Å²) in [6, 6.07) is 6.22. The van der Waals surface area contributed by atoms with Crippen LogP contribution in [0.4, 0.5) is 5.69 Å². The van der Waals surface area contributed by atoms with Gasteiger partial charge >= 0.3 is 0 Å². The number of para-hydroxylation sites is 1. The van der Waals surface area contributed by atoms with Gasteiger partial charge < -0.3 is 19.5 Å². The first kappa shape index (κ1) is 15.6. The Bertz CT molecular complexity index is 475. The van der Waals surface area contributed by atoms with Crippen molar-refractivity contribution in [3.05, 3.63) is 23.8 Å². The van der Waals surface area contributed by atoms with E-state index >= 15 is 0 Å². The monoisotopic (exact) mass is 306 g/mol. The second-order valence-corrected chi connectivity index (χ2v) is 6.08. The highest BCUT2D eigenvalue weighted by atomic mass is 16.5. The maximum atomic E-state index is 10.5. The summed E-state index contributed by atoms with van der Waals surface area (Å²) in [7, 11) is 1.71. The van der Waals surface area contributed by atoms with Crippen LogP contribution in [0.3, 0.4) is 0 Å². The predicted octanol–water partition coefficient (Wildman–Crippen LogP) is 1.14. The smallest absolute Gasteiger partial charge is 0.142 e. The summed E-state index contributed by atoms with van der Waals surface area (Å²) >= 11 is 0. The molecule has 2 aliphatic rings. The summed E-state index contributed by atoms with van der Waals surface area (Å²) in [4.78, 5) is 4.56. The van der Waals surface area contributed by atoms with Gasteiger partial charge in [-0.15, -0.1) is 0 Å². The zero-order chi connectivity index (χ0) is 15.4. The van der Waals surface area contributed by atoms with Crippen molar-refractivity contribution in [3.63, 3.8) is 0 Å². The number of β-amino-alcohol motifs (C(OH)–C–C–N with tert-alkyl or cyclic N) is 1. The number of aliphatic hydroxyl groups is 1. The molecule has 1 unspecified atom stereocenters. The molecule has 22 heavy (non-hydrogen) atoms. The van der Waals surface area contributed by atoms with Gasteiger partial charge in [-0.25, -0.2) is 0 Å². The Morgan fingerprint density at radius 3 is 2.82 bits per heavy atom. The summed E-state index contributed by atoms with van der Waals surface area (Å²) in [6.45, 7) is 5.72. The Balaban J connectivity index is 1.66. The van der Waals surface area contributed by atoms with Gasteiger partial charge in [0.15, 0.2) is 0 Å². The third kappa shape index (κ3) is 3.54. The number of hydrogen-bond acceptors (Lipinski definition) is 5. The largest absolute Gasteiger partial charge is 0.495 e. The number of methoxy groups -OCH3 is 1. The molecule has 1 fully saturated rings. The van der Waals surface area contributed by atoms with Gasteiger partial charge in [-0.05, 0) is 24.5 Å². The summed E-state index contributed by atoms with van der Waals surface area (Å²) in [5, 5.41) is 10.5. The van der Waals surface area contributed by atoms with Crippen molar-refractivity contribution < 1.29 is 14.6 Å². The topological polar surface area (TPSA) is 45.2 Å². The quantitative estimate of drug-likeness (QED) is 0.884. The molecule has 1 atom stereocenters. The normalized spacial score (nSPS) is 20.5. The predicted molar refractivity (Wildman–Crippen MR) is 86.8 cm³/mol. The van der Waals surface area contributed by atoms with E-state index in [9.17, 15) is 5.11 Å². The van der Waals surface area contributed by atoms with Gasteiger partial charge in [0.2, 0.25) is 0 Å². The van der Waals surface area contributed by atoms with Gasteiger partial charge in [0.25, 0.3) is 0 Å². The number of benzene rings is 1. The Labute approximate surface area is 132 Å². The van der Waals surface area contributed by atoms with Crippen LogP contribution in [0.1, 0.15) is 12.0 Å². The van der Waals surface area contributed by atoms with Crippen molar-refractivity contribution in [2.24, 2.45) is 0 Å². The standard InChI is InChI=1S/C17H26N2O3/c1-21-16-6-2-4-14-5-3-7-19(17(14)16)13-15(20)12-18-8-10-22-11-9-18/h2,4,6,15,20H,3,5,7-13H2,1H3. The molecule has 5 heteroatoms. The van der Waals surface area contributed by atoms with E-state index in [0.717, 1.165) is 57.1 Å². The van der Waals surface area contributed by atoms with E-state index in [1.54, 1.807) is 7.11 Å². The average molecular weight is 306 g/mol. The summed E-state index contributed by atoms with van der Waals surface area (Å²) in [5.41, 5.74) is 2.49. The van der Waals surface area contributed by atoms with Gasteiger partial charge in [0.05, 0.1) is 32.1 Å². The van der Waals surface area contributed by atoms with Crippen LogP contribution in [0, 0.1) is 0 Å². The highest BCUT2D eigenvalue weighted by Crippen LogP contribution is 2.36. The fraction of sp³-hybridized carbons (Fsp3) is 0.647. The lowest BCUT2D eigenvalue weighted by atomic mass is 10.0. The van der Waals surface area contributed by atoms with E-state index in [2.05, 4.69) is 15.9 Å². The molecular formula is C17H26N2O3. The van der Waals surface area contributed by atoms with Gasteiger partial charge in [-0.2, -0.15) is 0 Å². The van der Waals surface area contributed by atoms with Gasteiger partial charge in [-0.3, -0.25) is 4.90 Å². The maximum Gasteiger partial charge on any atom is 0.142 e. The van der Waals surface area contributed by atoms with Crippen molar-refractivity contribution in [1.82, 2.24) is 4.90 Å². The molecule has 1 aromatic carbocycles. The molecule has 5 nitrogen and oxygen atoms in total. The summed E-state index contributed by atoms with van der Waals surface area (Å²) in [6.07, 6.45) is 1.86. The van der Waals surface area contributed by atoms with Crippen LogP contribution >= 0.6 is 0 Å². The lowest BCUT2D eigenvalue weighted by molar-refractivity contribution is 0.0160. The van der Waals surface area contributed by atoms with Gasteiger partial charge in [0.1, 0.15) is 5.75 Å². The molecule has 122 valence electrons. The molecule has 0 radical (unpaired) electrons. The van der Waals surface area contributed by atoms with E-state index in [0.29, 0.717) is 13.1 Å². The van der Waals surface area contributed by atoms with Crippen LogP contribution in [-0.4, -0.2) is 69.2 Å². The molecule has 1 N–H and O–H groups in total. The molecule has 2 aliphatic heterocycles.